The highest BCUT2D eigenvalue weighted by molar-refractivity contribution is 7.98. The summed E-state index contributed by atoms with van der Waals surface area (Å²) >= 11 is 1.63. The first-order valence-corrected chi connectivity index (χ1v) is 11.3. The van der Waals surface area contributed by atoms with Crippen molar-refractivity contribution in [3.8, 4) is 5.82 Å². The lowest BCUT2D eigenvalue weighted by molar-refractivity contribution is -0.120. The first-order chi connectivity index (χ1) is 14.5. The van der Waals surface area contributed by atoms with Gasteiger partial charge in [0.1, 0.15) is 0 Å². The van der Waals surface area contributed by atoms with Gasteiger partial charge in [0.25, 0.3) is 0 Å². The third-order valence-corrected chi connectivity index (χ3v) is 6.14. The summed E-state index contributed by atoms with van der Waals surface area (Å²) in [5.74, 6) is 1.48. The van der Waals surface area contributed by atoms with Gasteiger partial charge in [0.2, 0.25) is 5.91 Å². The fourth-order valence-electron chi connectivity index (χ4n) is 3.84. The molecule has 1 saturated heterocycles. The fraction of sp³-hybridized carbons (Fsp3) is 0.364. The van der Waals surface area contributed by atoms with E-state index in [1.54, 1.807) is 16.4 Å². The van der Waals surface area contributed by atoms with Crippen molar-refractivity contribution in [3.63, 3.8) is 0 Å². The number of nitrogens with one attached hydrogen (secondary N) is 1. The maximum Gasteiger partial charge on any atom is 0.229 e. The van der Waals surface area contributed by atoms with E-state index in [1.165, 1.54) is 0 Å². The molecule has 2 aromatic heterocycles. The van der Waals surface area contributed by atoms with Gasteiger partial charge in [-0.05, 0) is 63.3 Å². The molecule has 1 amide bonds. The van der Waals surface area contributed by atoms with E-state index in [0.29, 0.717) is 12.4 Å². The van der Waals surface area contributed by atoms with Crippen LogP contribution in [-0.2, 0) is 4.79 Å². The van der Waals surface area contributed by atoms with Crippen LogP contribution in [0.1, 0.15) is 24.2 Å². The van der Waals surface area contributed by atoms with Crippen LogP contribution in [0.4, 0.5) is 11.5 Å². The molecular formula is C22H26N6OS. The quantitative estimate of drug-likeness (QED) is 0.630. The van der Waals surface area contributed by atoms with Gasteiger partial charge >= 0.3 is 0 Å². The van der Waals surface area contributed by atoms with Crippen LogP contribution < -0.4 is 10.2 Å². The van der Waals surface area contributed by atoms with Gasteiger partial charge in [0.15, 0.2) is 11.6 Å². The number of thioether (sulfide) groups is 1. The van der Waals surface area contributed by atoms with Crippen molar-refractivity contribution in [2.45, 2.75) is 31.6 Å². The number of carbonyl (C=O) groups is 1. The molecule has 1 aromatic carbocycles. The van der Waals surface area contributed by atoms with E-state index < -0.39 is 0 Å². The Bertz CT molecular complexity index is 1030. The predicted octanol–water partition coefficient (Wildman–Crippen LogP) is 3.86. The zero-order chi connectivity index (χ0) is 21.1. The van der Waals surface area contributed by atoms with Crippen LogP contribution in [0.3, 0.4) is 0 Å². The van der Waals surface area contributed by atoms with Crippen molar-refractivity contribution in [2.75, 3.05) is 29.6 Å². The third-order valence-electron chi connectivity index (χ3n) is 5.34. The second kappa shape index (κ2) is 8.87. The number of carbonyl (C=O) groups excluding carboxylic acids is 1. The molecule has 1 atom stereocenters. The summed E-state index contributed by atoms with van der Waals surface area (Å²) in [6, 6.07) is 13.8. The van der Waals surface area contributed by atoms with E-state index in [-0.39, 0.29) is 11.8 Å². The van der Waals surface area contributed by atoms with Crippen molar-refractivity contribution >= 4 is 29.2 Å². The summed E-state index contributed by atoms with van der Waals surface area (Å²) in [7, 11) is 0. The minimum Gasteiger partial charge on any atom is -0.354 e. The molecule has 0 unspecified atom stereocenters. The molecule has 1 N–H and O–H groups in total. The zero-order valence-corrected chi connectivity index (χ0v) is 18.3. The van der Waals surface area contributed by atoms with Gasteiger partial charge in [0.05, 0.1) is 17.3 Å². The van der Waals surface area contributed by atoms with Crippen molar-refractivity contribution in [1.82, 2.24) is 20.0 Å². The van der Waals surface area contributed by atoms with Crippen molar-refractivity contribution < 1.29 is 4.79 Å². The highest BCUT2D eigenvalue weighted by Gasteiger charge is 2.27. The molecule has 0 bridgehead atoms. The van der Waals surface area contributed by atoms with Crippen molar-refractivity contribution in [1.29, 1.82) is 0 Å². The van der Waals surface area contributed by atoms with Crippen LogP contribution in [0, 0.1) is 19.8 Å². The second-order valence-corrected chi connectivity index (χ2v) is 8.41. The Morgan fingerprint density at radius 2 is 1.90 bits per heavy atom. The Labute approximate surface area is 180 Å². The molecule has 0 spiro atoms. The molecule has 0 aliphatic carbocycles. The van der Waals surface area contributed by atoms with Gasteiger partial charge in [-0.25, -0.2) is 4.68 Å². The lowest BCUT2D eigenvalue weighted by Crippen LogP contribution is -2.41. The van der Waals surface area contributed by atoms with Crippen LogP contribution in [0.2, 0.25) is 0 Å². The molecule has 1 aliphatic heterocycles. The molecule has 7 nitrogen and oxygen atoms in total. The van der Waals surface area contributed by atoms with Gasteiger partial charge < -0.3 is 10.2 Å². The summed E-state index contributed by atoms with van der Waals surface area (Å²) in [6.45, 7) is 5.47. The monoisotopic (exact) mass is 422 g/mol. The first kappa shape index (κ1) is 20.4. The molecule has 1 fully saturated rings. The van der Waals surface area contributed by atoms with Gasteiger partial charge in [0, 0.05) is 23.7 Å². The highest BCUT2D eigenvalue weighted by atomic mass is 32.2. The van der Waals surface area contributed by atoms with E-state index in [4.69, 9.17) is 0 Å². The molecule has 0 radical (unpaired) electrons. The van der Waals surface area contributed by atoms with Crippen LogP contribution >= 0.6 is 11.8 Å². The molecule has 1 aliphatic rings. The Morgan fingerprint density at radius 1 is 1.13 bits per heavy atom. The number of aryl methyl sites for hydroxylation is 2. The van der Waals surface area contributed by atoms with Crippen LogP contribution in [-0.4, -0.2) is 45.2 Å². The number of hydrogen-bond acceptors (Lipinski definition) is 6. The van der Waals surface area contributed by atoms with Crippen LogP contribution in [0.25, 0.3) is 5.82 Å². The number of hydrogen-bond donors (Lipinski definition) is 1. The summed E-state index contributed by atoms with van der Waals surface area (Å²) in [6.07, 6.45) is 3.84. The van der Waals surface area contributed by atoms with E-state index in [9.17, 15) is 4.79 Å². The molecule has 30 heavy (non-hydrogen) atoms. The van der Waals surface area contributed by atoms with E-state index in [2.05, 4.69) is 25.5 Å². The maximum absolute atomic E-state index is 12.9. The van der Waals surface area contributed by atoms with E-state index in [1.807, 2.05) is 62.6 Å². The normalized spacial score (nSPS) is 16.5. The Kier molecular flexibility index (Phi) is 6.03. The molecule has 0 saturated carbocycles. The predicted molar refractivity (Wildman–Crippen MR) is 120 cm³/mol. The molecule has 4 rings (SSSR count). The number of aromatic nitrogens is 4. The summed E-state index contributed by atoms with van der Waals surface area (Å²) in [5, 5.41) is 16.3. The zero-order valence-electron chi connectivity index (χ0n) is 17.5. The lowest BCUT2D eigenvalue weighted by Gasteiger charge is -2.32. The van der Waals surface area contributed by atoms with E-state index >= 15 is 0 Å². The van der Waals surface area contributed by atoms with Crippen molar-refractivity contribution in [2.24, 2.45) is 5.92 Å². The molecule has 3 aromatic rings. The van der Waals surface area contributed by atoms with Crippen LogP contribution in [0.15, 0.2) is 47.4 Å². The number of para-hydroxylation sites is 1. The standard InChI is InChI=1S/C22H26N6OS/c1-15-13-16(2)28(26-15)21-11-10-20(24-25-21)27-12-6-7-17(14-27)22(29)23-18-8-4-5-9-19(18)30-3/h4-5,8-11,13,17H,6-7,12,14H2,1-3H3,(H,23,29)/t17-/m1/s1. The van der Waals surface area contributed by atoms with Crippen molar-refractivity contribution in [3.05, 3.63) is 53.9 Å². The summed E-state index contributed by atoms with van der Waals surface area (Å²) in [4.78, 5) is 16.1. The average Bonchev–Trinajstić information content (AvgIpc) is 3.12. The topological polar surface area (TPSA) is 75.9 Å². The average molecular weight is 423 g/mol. The second-order valence-electron chi connectivity index (χ2n) is 7.56. The Hall–Kier alpha value is -2.87. The SMILES string of the molecule is CSc1ccccc1NC(=O)[C@@H]1CCCN(c2ccc(-n3nc(C)cc3C)nn2)C1. The molecule has 3 heterocycles. The number of rotatable bonds is 5. The number of amides is 1. The minimum absolute atomic E-state index is 0.0634. The molecular weight excluding hydrogens is 396 g/mol. The summed E-state index contributed by atoms with van der Waals surface area (Å²) in [5.41, 5.74) is 2.85. The first-order valence-electron chi connectivity index (χ1n) is 10.1. The fourth-order valence-corrected chi connectivity index (χ4v) is 4.40. The van der Waals surface area contributed by atoms with Gasteiger partial charge in [-0.2, -0.15) is 5.10 Å². The largest absolute Gasteiger partial charge is 0.354 e. The number of anilines is 2. The lowest BCUT2D eigenvalue weighted by atomic mass is 9.97. The summed E-state index contributed by atoms with van der Waals surface area (Å²) < 4.78 is 1.79. The Balaban J connectivity index is 1.44. The number of piperidine rings is 1. The maximum atomic E-state index is 12.9. The van der Waals surface area contributed by atoms with E-state index in [0.717, 1.165) is 47.2 Å². The molecule has 8 heteroatoms. The number of benzene rings is 1. The smallest absolute Gasteiger partial charge is 0.229 e. The van der Waals surface area contributed by atoms with Gasteiger partial charge in [-0.1, -0.05) is 12.1 Å². The minimum atomic E-state index is -0.0776. The number of nitrogens with zero attached hydrogens (tertiary/aromatic N) is 5. The van der Waals surface area contributed by atoms with Crippen LogP contribution in [0.5, 0.6) is 0 Å². The molecule has 156 valence electrons. The van der Waals surface area contributed by atoms with Gasteiger partial charge in [-0.15, -0.1) is 22.0 Å². The highest BCUT2D eigenvalue weighted by Crippen LogP contribution is 2.27. The Morgan fingerprint density at radius 3 is 2.60 bits per heavy atom. The van der Waals surface area contributed by atoms with Gasteiger partial charge in [-0.3, -0.25) is 4.79 Å². The third kappa shape index (κ3) is 4.33.